The van der Waals surface area contributed by atoms with Gasteiger partial charge in [-0.2, -0.15) is 4.99 Å². The number of methoxy groups -OCH3 is 1. The number of carbonyl (C=O) groups is 1. The van der Waals surface area contributed by atoms with Gasteiger partial charge in [-0.25, -0.2) is 0 Å². The van der Waals surface area contributed by atoms with Crippen LogP contribution in [0.15, 0.2) is 64.5 Å². The summed E-state index contributed by atoms with van der Waals surface area (Å²) in [5.41, 5.74) is 2.39. The van der Waals surface area contributed by atoms with E-state index < -0.39 is 0 Å². The van der Waals surface area contributed by atoms with Gasteiger partial charge in [-0.05, 0) is 66.3 Å². The molecule has 28 heavy (non-hydrogen) atoms. The normalized spacial score (nSPS) is 19.2. The highest BCUT2D eigenvalue weighted by Crippen LogP contribution is 2.33. The van der Waals surface area contributed by atoms with Crippen molar-refractivity contribution in [2.75, 3.05) is 20.2 Å². The van der Waals surface area contributed by atoms with E-state index in [4.69, 9.17) is 4.74 Å². The second-order valence-corrected chi connectivity index (χ2v) is 8.21. The van der Waals surface area contributed by atoms with Crippen molar-refractivity contribution in [2.45, 2.75) is 19.3 Å². The maximum atomic E-state index is 12.3. The Morgan fingerprint density at radius 2 is 1.82 bits per heavy atom. The molecule has 0 radical (unpaired) electrons. The number of amides is 1. The number of hydrogen-bond acceptors (Lipinski definition) is 4. The molecule has 2 aromatic rings. The van der Waals surface area contributed by atoms with Crippen molar-refractivity contribution in [3.05, 3.63) is 70.6 Å². The van der Waals surface area contributed by atoms with Crippen LogP contribution in [0.3, 0.4) is 0 Å². The Bertz CT molecular complexity index is 883. The molecule has 2 aliphatic heterocycles. The molecule has 4 rings (SSSR count). The van der Waals surface area contributed by atoms with E-state index in [9.17, 15) is 4.79 Å². The molecule has 2 heterocycles. The smallest absolute Gasteiger partial charge is 0.286 e. The third-order valence-corrected chi connectivity index (χ3v) is 6.32. The van der Waals surface area contributed by atoms with Gasteiger partial charge in [0.2, 0.25) is 0 Å². The summed E-state index contributed by atoms with van der Waals surface area (Å²) in [6.07, 6.45) is 5.32. The van der Waals surface area contributed by atoms with Gasteiger partial charge in [0.05, 0.1) is 12.0 Å². The highest BCUT2D eigenvalue weighted by molar-refractivity contribution is 8.18. The molecule has 0 aliphatic carbocycles. The minimum absolute atomic E-state index is 0.137. The van der Waals surface area contributed by atoms with Gasteiger partial charge in [0, 0.05) is 13.1 Å². The van der Waals surface area contributed by atoms with Crippen LogP contribution in [0, 0.1) is 5.92 Å². The van der Waals surface area contributed by atoms with E-state index in [1.54, 1.807) is 7.11 Å². The second-order valence-electron chi connectivity index (χ2n) is 7.20. The van der Waals surface area contributed by atoms with E-state index in [0.717, 1.165) is 48.8 Å². The van der Waals surface area contributed by atoms with Gasteiger partial charge in [0.15, 0.2) is 5.17 Å². The fourth-order valence-corrected chi connectivity index (χ4v) is 4.63. The molecular formula is C23H24N2O2S. The molecule has 0 bridgehead atoms. The van der Waals surface area contributed by atoms with Crippen molar-refractivity contribution in [1.82, 2.24) is 4.90 Å². The molecule has 4 nitrogen and oxygen atoms in total. The topological polar surface area (TPSA) is 41.9 Å². The summed E-state index contributed by atoms with van der Waals surface area (Å²) in [7, 11) is 1.65. The number of nitrogens with zero attached hydrogens (tertiary/aromatic N) is 2. The number of carbonyl (C=O) groups excluding carboxylic acids is 1. The molecule has 0 N–H and O–H groups in total. The van der Waals surface area contributed by atoms with Crippen molar-refractivity contribution in [2.24, 2.45) is 10.9 Å². The zero-order valence-electron chi connectivity index (χ0n) is 16.0. The predicted octanol–water partition coefficient (Wildman–Crippen LogP) is 4.62. The minimum Gasteiger partial charge on any atom is -0.497 e. The van der Waals surface area contributed by atoms with Crippen molar-refractivity contribution in [3.8, 4) is 5.75 Å². The van der Waals surface area contributed by atoms with Crippen molar-refractivity contribution < 1.29 is 9.53 Å². The van der Waals surface area contributed by atoms with E-state index in [2.05, 4.69) is 40.2 Å². The van der Waals surface area contributed by atoms with Crippen molar-refractivity contribution in [1.29, 1.82) is 0 Å². The molecule has 0 unspecified atom stereocenters. The van der Waals surface area contributed by atoms with Crippen molar-refractivity contribution in [3.63, 3.8) is 0 Å². The molecule has 144 valence electrons. The molecule has 0 spiro atoms. The molecule has 1 fully saturated rings. The Labute approximate surface area is 170 Å². The Morgan fingerprint density at radius 3 is 2.50 bits per heavy atom. The average Bonchev–Trinajstić information content (AvgIpc) is 3.10. The standard InChI is InChI=1S/C23H24N2O2S/c1-27-20-9-7-18(8-10-20)16-21-22(26)24-23(28-21)25-13-11-19(12-14-25)15-17-5-3-2-4-6-17/h2-10,16,19H,11-15H2,1H3/b21-16-. The summed E-state index contributed by atoms with van der Waals surface area (Å²) in [4.78, 5) is 19.6. The lowest BCUT2D eigenvalue weighted by molar-refractivity contribution is -0.113. The Morgan fingerprint density at radius 1 is 1.11 bits per heavy atom. The van der Waals surface area contributed by atoms with E-state index >= 15 is 0 Å². The first kappa shape index (κ1) is 18.8. The van der Waals surface area contributed by atoms with Gasteiger partial charge in [-0.1, -0.05) is 42.5 Å². The van der Waals surface area contributed by atoms with Crippen LogP contribution in [-0.4, -0.2) is 36.2 Å². The first-order chi connectivity index (χ1) is 13.7. The molecule has 1 amide bonds. The molecule has 1 saturated heterocycles. The third-order valence-electron chi connectivity index (χ3n) is 5.28. The minimum atomic E-state index is -0.137. The maximum Gasteiger partial charge on any atom is 0.286 e. The van der Waals surface area contributed by atoms with Crippen molar-refractivity contribution >= 4 is 28.9 Å². The number of thioether (sulfide) groups is 1. The van der Waals surface area contributed by atoms with Gasteiger partial charge in [0.25, 0.3) is 5.91 Å². The second kappa shape index (κ2) is 8.65. The lowest BCUT2D eigenvalue weighted by Gasteiger charge is -2.32. The van der Waals surface area contributed by atoms with Crippen LogP contribution in [-0.2, 0) is 11.2 Å². The number of benzene rings is 2. The molecule has 2 aromatic carbocycles. The quantitative estimate of drug-likeness (QED) is 0.712. The van der Waals surface area contributed by atoms with Crippen LogP contribution in [0.4, 0.5) is 0 Å². The van der Waals surface area contributed by atoms with Gasteiger partial charge in [-0.3, -0.25) is 4.79 Å². The van der Waals surface area contributed by atoms with Crippen LogP contribution >= 0.6 is 11.8 Å². The number of hydrogen-bond donors (Lipinski definition) is 0. The zero-order chi connectivity index (χ0) is 19.3. The fourth-order valence-electron chi connectivity index (χ4n) is 3.66. The molecule has 0 saturated carbocycles. The number of rotatable bonds is 4. The summed E-state index contributed by atoms with van der Waals surface area (Å²) >= 11 is 1.49. The average molecular weight is 393 g/mol. The maximum absolute atomic E-state index is 12.3. The van der Waals surface area contributed by atoms with E-state index in [-0.39, 0.29) is 5.91 Å². The number of amidine groups is 1. The third kappa shape index (κ3) is 4.47. The monoisotopic (exact) mass is 392 g/mol. The molecule has 0 atom stereocenters. The van der Waals surface area contributed by atoms with Crippen LogP contribution in [0.1, 0.15) is 24.0 Å². The summed E-state index contributed by atoms with van der Waals surface area (Å²) in [5.74, 6) is 1.38. The molecule has 5 heteroatoms. The van der Waals surface area contributed by atoms with E-state index in [1.165, 1.54) is 17.3 Å². The summed E-state index contributed by atoms with van der Waals surface area (Å²) in [5, 5.41) is 0.850. The summed E-state index contributed by atoms with van der Waals surface area (Å²) < 4.78 is 5.18. The first-order valence-corrected chi connectivity index (χ1v) is 10.5. The highest BCUT2D eigenvalue weighted by Gasteiger charge is 2.29. The Kier molecular flexibility index (Phi) is 5.81. The molecule has 0 aromatic heterocycles. The SMILES string of the molecule is COc1ccc(/C=C2\SC(N3CCC(Cc4ccccc4)CC3)=NC2=O)cc1. The first-order valence-electron chi connectivity index (χ1n) is 9.67. The number of piperidine rings is 1. The van der Waals surface area contributed by atoms with E-state index in [1.807, 2.05) is 30.3 Å². The van der Waals surface area contributed by atoms with Gasteiger partial charge in [0.1, 0.15) is 5.75 Å². The lowest BCUT2D eigenvalue weighted by Crippen LogP contribution is -2.37. The zero-order valence-corrected chi connectivity index (χ0v) is 16.8. The van der Waals surface area contributed by atoms with Crippen LogP contribution in [0.25, 0.3) is 6.08 Å². The van der Waals surface area contributed by atoms with E-state index in [0.29, 0.717) is 10.8 Å². The highest BCUT2D eigenvalue weighted by atomic mass is 32.2. The number of ether oxygens (including phenoxy) is 1. The fraction of sp³-hybridized carbons (Fsp3) is 0.304. The largest absolute Gasteiger partial charge is 0.497 e. The van der Waals surface area contributed by atoms with Gasteiger partial charge < -0.3 is 9.64 Å². The lowest BCUT2D eigenvalue weighted by atomic mass is 9.90. The summed E-state index contributed by atoms with van der Waals surface area (Å²) in [6, 6.07) is 18.4. The Hall–Kier alpha value is -2.53. The van der Waals surface area contributed by atoms with Crippen LogP contribution in [0.2, 0.25) is 0 Å². The number of likely N-dealkylation sites (tertiary alicyclic amines) is 1. The Balaban J connectivity index is 1.34. The van der Waals surface area contributed by atoms with Crippen LogP contribution in [0.5, 0.6) is 5.75 Å². The van der Waals surface area contributed by atoms with Gasteiger partial charge in [-0.15, -0.1) is 0 Å². The van der Waals surface area contributed by atoms with Crippen LogP contribution < -0.4 is 4.74 Å². The summed E-state index contributed by atoms with van der Waals surface area (Å²) in [6.45, 7) is 1.93. The molecular weight excluding hydrogens is 368 g/mol. The number of aliphatic imine (C=N–C) groups is 1. The molecule has 2 aliphatic rings. The predicted molar refractivity (Wildman–Crippen MR) is 115 cm³/mol. The van der Waals surface area contributed by atoms with Gasteiger partial charge >= 0.3 is 0 Å².